The number of phenolic OH excluding ortho intramolecular Hbond substituents is 1. The number of phenols is 1. The van der Waals surface area contributed by atoms with Gasteiger partial charge in [-0.2, -0.15) is 0 Å². The van der Waals surface area contributed by atoms with Gasteiger partial charge >= 0.3 is 0 Å². The van der Waals surface area contributed by atoms with Crippen LogP contribution < -0.4 is 9.80 Å². The summed E-state index contributed by atoms with van der Waals surface area (Å²) in [5.74, 6) is -8.61. The summed E-state index contributed by atoms with van der Waals surface area (Å²) < 4.78 is 29.3. The number of carbonyl (C=O) groups is 4. The zero-order chi connectivity index (χ0) is 31.3. The number of imide groups is 2. The van der Waals surface area contributed by atoms with E-state index in [0.717, 1.165) is 38.5 Å². The first-order chi connectivity index (χ1) is 20.9. The van der Waals surface area contributed by atoms with Crippen molar-refractivity contribution in [2.75, 3.05) is 9.80 Å². The van der Waals surface area contributed by atoms with Gasteiger partial charge in [-0.1, -0.05) is 33.6 Å². The lowest BCUT2D eigenvalue weighted by Gasteiger charge is -2.50. The molecule has 7 rings (SSSR count). The molecule has 1 saturated carbocycles. The molecule has 4 aliphatic rings. The normalized spacial score (nSPS) is 31.2. The molecule has 2 aliphatic carbocycles. The Bertz CT molecular complexity index is 1820. The fourth-order valence-corrected chi connectivity index (χ4v) is 8.52. The highest BCUT2D eigenvalue weighted by Gasteiger charge is 2.76. The van der Waals surface area contributed by atoms with Crippen molar-refractivity contribution in [1.29, 1.82) is 0 Å². The van der Waals surface area contributed by atoms with E-state index in [0.29, 0.717) is 11.3 Å². The Morgan fingerprint density at radius 2 is 1.45 bits per heavy atom. The van der Waals surface area contributed by atoms with Crippen molar-refractivity contribution in [3.8, 4) is 5.75 Å². The highest BCUT2D eigenvalue weighted by molar-refractivity contribution is 9.10. The Morgan fingerprint density at radius 1 is 0.818 bits per heavy atom. The average molecular weight is 702 g/mol. The summed E-state index contributed by atoms with van der Waals surface area (Å²) >= 11 is 17.9. The molecule has 1 N–H and O–H groups in total. The summed E-state index contributed by atoms with van der Waals surface area (Å²) in [6, 6.07) is 14.9. The molecular weight excluding hydrogens is 681 g/mol. The van der Waals surface area contributed by atoms with Crippen molar-refractivity contribution in [2.24, 2.45) is 17.8 Å². The second kappa shape index (κ2) is 9.95. The van der Waals surface area contributed by atoms with Crippen LogP contribution in [0.1, 0.15) is 24.3 Å². The van der Waals surface area contributed by atoms with E-state index >= 15 is 0 Å². The van der Waals surface area contributed by atoms with Crippen LogP contribution in [0, 0.1) is 29.4 Å². The van der Waals surface area contributed by atoms with Crippen LogP contribution in [-0.2, 0) is 19.2 Å². The van der Waals surface area contributed by atoms with Crippen LogP contribution in [0.4, 0.5) is 20.2 Å². The first-order valence-electron chi connectivity index (χ1n) is 13.7. The standard InChI is InChI=1S/C32H21BrCl2F2N2O5/c33-16-2-6-18(7-3-16)38-27(41)21-11-10-20-22(25(21)28(38)42)14-31(34)29(43)39(19-8-4-17(36)5-9-19)30(44)32(31,35)26(20)15-1-12-24(40)23(37)13-15/h1-10,12-13,21-22,25-26,40H,11,14H2. The maximum atomic E-state index is 14.8. The van der Waals surface area contributed by atoms with Gasteiger partial charge < -0.3 is 5.11 Å². The molecule has 224 valence electrons. The first kappa shape index (κ1) is 29.1. The summed E-state index contributed by atoms with van der Waals surface area (Å²) in [6.45, 7) is 0. The Morgan fingerprint density at radius 3 is 2.11 bits per heavy atom. The van der Waals surface area contributed by atoms with Crippen LogP contribution in [0.2, 0.25) is 0 Å². The van der Waals surface area contributed by atoms with Crippen molar-refractivity contribution in [3.63, 3.8) is 0 Å². The van der Waals surface area contributed by atoms with E-state index in [1.807, 2.05) is 0 Å². The number of benzene rings is 3. The molecule has 2 saturated heterocycles. The van der Waals surface area contributed by atoms with Gasteiger partial charge in [-0.25, -0.2) is 13.7 Å². The van der Waals surface area contributed by atoms with E-state index in [1.165, 1.54) is 18.2 Å². The van der Waals surface area contributed by atoms with Gasteiger partial charge in [0.05, 0.1) is 23.2 Å². The van der Waals surface area contributed by atoms with E-state index in [2.05, 4.69) is 15.9 Å². The fourth-order valence-electron chi connectivity index (χ4n) is 7.32. The van der Waals surface area contributed by atoms with Crippen LogP contribution in [-0.4, -0.2) is 38.5 Å². The summed E-state index contributed by atoms with van der Waals surface area (Å²) in [4.78, 5) is 53.8. The number of amides is 4. The minimum absolute atomic E-state index is 0.0369. The van der Waals surface area contributed by atoms with Gasteiger partial charge in [0.15, 0.2) is 21.3 Å². The van der Waals surface area contributed by atoms with Gasteiger partial charge in [-0.3, -0.25) is 24.1 Å². The number of allylic oxidation sites excluding steroid dienone is 2. The van der Waals surface area contributed by atoms with Gasteiger partial charge in [-0.05, 0) is 85.0 Å². The minimum Gasteiger partial charge on any atom is -0.505 e. The highest BCUT2D eigenvalue weighted by atomic mass is 79.9. The summed E-state index contributed by atoms with van der Waals surface area (Å²) in [5.41, 5.74) is 1.05. The molecule has 7 nitrogen and oxygen atoms in total. The second-order valence-electron chi connectivity index (χ2n) is 11.4. The highest BCUT2D eigenvalue weighted by Crippen LogP contribution is 2.66. The lowest BCUT2D eigenvalue weighted by molar-refractivity contribution is -0.125. The Balaban J connectivity index is 1.40. The number of carbonyl (C=O) groups excluding carboxylic acids is 4. The number of nitrogens with zero attached hydrogens (tertiary/aromatic N) is 2. The molecular formula is C32H21BrCl2F2N2O5. The Labute approximate surface area is 268 Å². The number of rotatable bonds is 3. The molecule has 2 aliphatic heterocycles. The molecule has 6 unspecified atom stereocenters. The number of fused-ring (bicyclic) bond motifs is 4. The Kier molecular flexibility index (Phi) is 6.59. The van der Waals surface area contributed by atoms with Crippen molar-refractivity contribution >= 4 is 74.1 Å². The van der Waals surface area contributed by atoms with E-state index in [-0.39, 0.29) is 24.1 Å². The largest absolute Gasteiger partial charge is 0.505 e. The lowest BCUT2D eigenvalue weighted by Crippen LogP contribution is -2.60. The summed E-state index contributed by atoms with van der Waals surface area (Å²) in [7, 11) is 0. The third kappa shape index (κ3) is 3.83. The van der Waals surface area contributed by atoms with Crippen LogP contribution in [0.25, 0.3) is 0 Å². The van der Waals surface area contributed by atoms with Gasteiger partial charge in [0, 0.05) is 10.4 Å². The number of aromatic hydroxyl groups is 1. The van der Waals surface area contributed by atoms with E-state index in [4.69, 9.17) is 23.2 Å². The molecule has 4 amide bonds. The zero-order valence-corrected chi connectivity index (χ0v) is 25.6. The molecule has 0 spiro atoms. The van der Waals surface area contributed by atoms with E-state index < -0.39 is 74.4 Å². The molecule has 44 heavy (non-hydrogen) atoms. The molecule has 0 aromatic heterocycles. The van der Waals surface area contributed by atoms with Crippen molar-refractivity contribution in [2.45, 2.75) is 28.5 Å². The summed E-state index contributed by atoms with van der Waals surface area (Å²) in [6.07, 6.45) is 1.60. The number of alkyl halides is 2. The van der Waals surface area contributed by atoms with Gasteiger partial charge in [0.1, 0.15) is 5.82 Å². The predicted molar refractivity (Wildman–Crippen MR) is 161 cm³/mol. The van der Waals surface area contributed by atoms with E-state index in [9.17, 15) is 33.1 Å². The second-order valence-corrected chi connectivity index (χ2v) is 13.6. The predicted octanol–water partition coefficient (Wildman–Crippen LogP) is 6.20. The molecule has 0 radical (unpaired) electrons. The van der Waals surface area contributed by atoms with Gasteiger partial charge in [0.25, 0.3) is 11.8 Å². The molecule has 2 heterocycles. The number of hydrogen-bond donors (Lipinski definition) is 1. The van der Waals surface area contributed by atoms with Gasteiger partial charge in [-0.15, -0.1) is 23.2 Å². The minimum atomic E-state index is -2.20. The van der Waals surface area contributed by atoms with Gasteiger partial charge in [0.2, 0.25) is 11.8 Å². The maximum absolute atomic E-state index is 14.8. The molecule has 3 aromatic rings. The maximum Gasteiger partial charge on any atom is 0.258 e. The lowest BCUT2D eigenvalue weighted by atomic mass is 9.56. The monoisotopic (exact) mass is 700 g/mol. The quantitative estimate of drug-likeness (QED) is 0.199. The molecule has 12 heteroatoms. The van der Waals surface area contributed by atoms with Crippen molar-refractivity contribution in [3.05, 3.63) is 100 Å². The molecule has 6 atom stereocenters. The average Bonchev–Trinajstić information content (AvgIpc) is 3.33. The number of halogens is 5. The zero-order valence-electron chi connectivity index (χ0n) is 22.5. The van der Waals surface area contributed by atoms with Crippen molar-refractivity contribution in [1.82, 2.24) is 0 Å². The third-order valence-electron chi connectivity index (χ3n) is 9.29. The number of anilines is 2. The van der Waals surface area contributed by atoms with Crippen molar-refractivity contribution < 1.29 is 33.1 Å². The van der Waals surface area contributed by atoms with E-state index in [1.54, 1.807) is 30.3 Å². The van der Waals surface area contributed by atoms with Crippen LogP contribution in [0.15, 0.2) is 82.9 Å². The first-order valence-corrected chi connectivity index (χ1v) is 15.3. The summed E-state index contributed by atoms with van der Waals surface area (Å²) in [5, 5.41) is 9.93. The van der Waals surface area contributed by atoms with Crippen LogP contribution in [0.3, 0.4) is 0 Å². The molecule has 3 fully saturated rings. The van der Waals surface area contributed by atoms with Crippen LogP contribution >= 0.6 is 39.1 Å². The fraction of sp³-hybridized carbons (Fsp3) is 0.250. The molecule has 3 aromatic carbocycles. The Hall–Kier alpha value is -3.60. The molecule has 0 bridgehead atoms. The SMILES string of the molecule is O=C1C2CC=C3C(CC4(Cl)C(=O)N(c5ccc(F)cc5)C(=O)C4(Cl)C3c3ccc(O)c(F)c3)C2C(=O)N1c1ccc(Br)cc1. The van der Waals surface area contributed by atoms with Crippen LogP contribution in [0.5, 0.6) is 5.75 Å². The topological polar surface area (TPSA) is 95.0 Å². The number of hydrogen-bond acceptors (Lipinski definition) is 5. The smallest absolute Gasteiger partial charge is 0.258 e. The third-order valence-corrected chi connectivity index (χ3v) is 11.2.